The number of aliphatic carboxylic acids is 1. The van der Waals surface area contributed by atoms with Gasteiger partial charge in [0.1, 0.15) is 0 Å². The fourth-order valence-corrected chi connectivity index (χ4v) is 1.64. The molecule has 0 saturated carbocycles. The number of benzene rings is 1. The highest BCUT2D eigenvalue weighted by Gasteiger charge is 2.14. The van der Waals surface area contributed by atoms with E-state index in [9.17, 15) is 9.59 Å². The summed E-state index contributed by atoms with van der Waals surface area (Å²) in [6.45, 7) is 0.382. The van der Waals surface area contributed by atoms with Crippen molar-refractivity contribution in [2.45, 2.75) is 25.4 Å². The summed E-state index contributed by atoms with van der Waals surface area (Å²) in [7, 11) is 3.91. The van der Waals surface area contributed by atoms with E-state index in [-0.39, 0.29) is 18.7 Å². The van der Waals surface area contributed by atoms with Crippen LogP contribution in [0.15, 0.2) is 24.3 Å². The van der Waals surface area contributed by atoms with Gasteiger partial charge in [-0.15, -0.1) is 0 Å². The Morgan fingerprint density at radius 2 is 1.90 bits per heavy atom. The van der Waals surface area contributed by atoms with Crippen molar-refractivity contribution in [1.29, 1.82) is 0 Å². The van der Waals surface area contributed by atoms with Gasteiger partial charge in [-0.2, -0.15) is 0 Å². The molecule has 0 aliphatic carbocycles. The Morgan fingerprint density at radius 3 is 2.40 bits per heavy atom. The largest absolute Gasteiger partial charge is 0.481 e. The summed E-state index contributed by atoms with van der Waals surface area (Å²) in [5, 5.41) is 11.2. The third-order valence-corrected chi connectivity index (χ3v) is 2.93. The number of carbonyl (C=O) groups is 2. The molecule has 0 radical (unpaired) electrons. The van der Waals surface area contributed by atoms with Gasteiger partial charge in [-0.3, -0.25) is 9.59 Å². The summed E-state index contributed by atoms with van der Waals surface area (Å²) >= 11 is 0. The molecule has 6 heteroatoms. The Kier molecular flexibility index (Phi) is 5.99. The quantitative estimate of drug-likeness (QED) is 0.678. The first-order chi connectivity index (χ1) is 9.40. The Labute approximate surface area is 118 Å². The summed E-state index contributed by atoms with van der Waals surface area (Å²) in [5.74, 6) is -1.28. The average Bonchev–Trinajstić information content (AvgIpc) is 2.42. The zero-order valence-corrected chi connectivity index (χ0v) is 11.8. The number of carboxylic acids is 1. The van der Waals surface area contributed by atoms with Crippen molar-refractivity contribution < 1.29 is 14.7 Å². The number of nitrogens with two attached hydrogens (primary N) is 1. The zero-order valence-electron chi connectivity index (χ0n) is 11.8. The first kappa shape index (κ1) is 16.0. The van der Waals surface area contributed by atoms with Crippen LogP contribution in [0.4, 0.5) is 5.69 Å². The molecule has 1 atom stereocenters. The van der Waals surface area contributed by atoms with Gasteiger partial charge >= 0.3 is 5.97 Å². The monoisotopic (exact) mass is 279 g/mol. The average molecular weight is 279 g/mol. The van der Waals surface area contributed by atoms with Crippen LogP contribution < -0.4 is 16.0 Å². The smallest absolute Gasteiger partial charge is 0.303 e. The molecule has 0 spiro atoms. The first-order valence-corrected chi connectivity index (χ1v) is 6.41. The van der Waals surface area contributed by atoms with E-state index < -0.39 is 12.0 Å². The third-order valence-electron chi connectivity index (χ3n) is 2.93. The number of hydrogen-bond donors (Lipinski definition) is 3. The van der Waals surface area contributed by atoms with E-state index >= 15 is 0 Å². The molecule has 0 aliphatic rings. The van der Waals surface area contributed by atoms with Crippen molar-refractivity contribution in [3.05, 3.63) is 29.8 Å². The minimum atomic E-state index is -0.951. The second-order valence-corrected chi connectivity index (χ2v) is 4.82. The molecule has 20 heavy (non-hydrogen) atoms. The van der Waals surface area contributed by atoms with E-state index in [4.69, 9.17) is 10.8 Å². The SMILES string of the molecule is CN(C)c1ccc(CNC(=O)C(N)CCC(=O)O)cc1. The topological polar surface area (TPSA) is 95.7 Å². The van der Waals surface area contributed by atoms with Crippen LogP contribution >= 0.6 is 0 Å². The zero-order chi connectivity index (χ0) is 15.1. The molecule has 110 valence electrons. The summed E-state index contributed by atoms with van der Waals surface area (Å²) in [4.78, 5) is 24.1. The van der Waals surface area contributed by atoms with Gasteiger partial charge < -0.3 is 21.1 Å². The molecule has 0 heterocycles. The summed E-state index contributed by atoms with van der Waals surface area (Å²) < 4.78 is 0. The first-order valence-electron chi connectivity index (χ1n) is 6.41. The highest BCUT2D eigenvalue weighted by atomic mass is 16.4. The van der Waals surface area contributed by atoms with Crippen LogP contribution in [0.5, 0.6) is 0 Å². The number of nitrogens with zero attached hydrogens (tertiary/aromatic N) is 1. The maximum atomic E-state index is 11.7. The normalized spacial score (nSPS) is 11.8. The minimum absolute atomic E-state index is 0.105. The predicted octanol–water partition coefficient (Wildman–Crippen LogP) is 0.561. The van der Waals surface area contributed by atoms with Gasteiger partial charge in [-0.1, -0.05) is 12.1 Å². The van der Waals surface area contributed by atoms with E-state index in [0.717, 1.165) is 11.3 Å². The number of nitrogens with one attached hydrogen (secondary N) is 1. The van der Waals surface area contributed by atoms with E-state index in [0.29, 0.717) is 6.54 Å². The molecular weight excluding hydrogens is 258 g/mol. The lowest BCUT2D eigenvalue weighted by Crippen LogP contribution is -2.40. The van der Waals surface area contributed by atoms with Gasteiger partial charge in [0.25, 0.3) is 0 Å². The fraction of sp³-hybridized carbons (Fsp3) is 0.429. The molecule has 1 aromatic rings. The Hall–Kier alpha value is -2.08. The molecule has 4 N–H and O–H groups in total. The van der Waals surface area contributed by atoms with Crippen LogP contribution in [0.2, 0.25) is 0 Å². The standard InChI is InChI=1S/C14H21N3O3/c1-17(2)11-5-3-10(4-6-11)9-16-14(20)12(15)7-8-13(18)19/h3-6,12H,7-9,15H2,1-2H3,(H,16,20)(H,18,19). The van der Waals surface area contributed by atoms with Crippen LogP contribution in [-0.2, 0) is 16.1 Å². The molecule has 0 aromatic heterocycles. The summed E-state index contributed by atoms with van der Waals surface area (Å²) in [6, 6.07) is 7.00. The molecular formula is C14H21N3O3. The molecule has 0 aliphatic heterocycles. The maximum Gasteiger partial charge on any atom is 0.303 e. The molecule has 0 bridgehead atoms. The Balaban J connectivity index is 2.42. The number of rotatable bonds is 7. The van der Waals surface area contributed by atoms with Crippen molar-refractivity contribution in [3.63, 3.8) is 0 Å². The van der Waals surface area contributed by atoms with Gasteiger partial charge in [0.05, 0.1) is 6.04 Å². The van der Waals surface area contributed by atoms with Gasteiger partial charge in [-0.25, -0.2) is 0 Å². The lowest BCUT2D eigenvalue weighted by atomic mass is 10.1. The van der Waals surface area contributed by atoms with Crippen molar-refractivity contribution in [1.82, 2.24) is 5.32 Å². The fourth-order valence-electron chi connectivity index (χ4n) is 1.64. The number of carboxylic acid groups (broad SMARTS) is 1. The predicted molar refractivity (Wildman–Crippen MR) is 77.5 cm³/mol. The van der Waals surface area contributed by atoms with E-state index in [1.54, 1.807) is 0 Å². The van der Waals surface area contributed by atoms with Crippen LogP contribution in [0.3, 0.4) is 0 Å². The number of hydrogen-bond acceptors (Lipinski definition) is 4. The van der Waals surface area contributed by atoms with Crippen LogP contribution in [0.1, 0.15) is 18.4 Å². The molecule has 1 amide bonds. The highest BCUT2D eigenvalue weighted by molar-refractivity contribution is 5.82. The van der Waals surface area contributed by atoms with Gasteiger partial charge in [-0.05, 0) is 24.1 Å². The number of carbonyl (C=O) groups excluding carboxylic acids is 1. The lowest BCUT2D eigenvalue weighted by molar-refractivity contribution is -0.137. The van der Waals surface area contributed by atoms with Gasteiger partial charge in [0.2, 0.25) is 5.91 Å². The number of anilines is 1. The second kappa shape index (κ2) is 7.49. The summed E-state index contributed by atoms with van der Waals surface area (Å²) in [5.41, 5.74) is 7.66. The van der Waals surface area contributed by atoms with Gasteiger partial charge in [0, 0.05) is 32.7 Å². The van der Waals surface area contributed by atoms with Crippen LogP contribution in [0, 0.1) is 0 Å². The Bertz CT molecular complexity index is 457. The molecule has 0 saturated heterocycles. The summed E-state index contributed by atoms with van der Waals surface area (Å²) in [6.07, 6.45) is 0.0346. The Morgan fingerprint density at radius 1 is 1.30 bits per heavy atom. The number of amides is 1. The molecule has 0 fully saturated rings. The lowest BCUT2D eigenvalue weighted by Gasteiger charge is -2.14. The minimum Gasteiger partial charge on any atom is -0.481 e. The highest BCUT2D eigenvalue weighted by Crippen LogP contribution is 2.12. The molecule has 1 unspecified atom stereocenters. The van der Waals surface area contributed by atoms with E-state index in [1.165, 1.54) is 0 Å². The van der Waals surface area contributed by atoms with Crippen LogP contribution in [0.25, 0.3) is 0 Å². The second-order valence-electron chi connectivity index (χ2n) is 4.82. The molecule has 1 aromatic carbocycles. The van der Waals surface area contributed by atoms with Gasteiger partial charge in [0.15, 0.2) is 0 Å². The maximum absolute atomic E-state index is 11.7. The van der Waals surface area contributed by atoms with Crippen molar-refractivity contribution in [3.8, 4) is 0 Å². The van der Waals surface area contributed by atoms with Crippen molar-refractivity contribution >= 4 is 17.6 Å². The van der Waals surface area contributed by atoms with E-state index in [2.05, 4.69) is 5.32 Å². The van der Waals surface area contributed by atoms with Crippen molar-refractivity contribution in [2.24, 2.45) is 5.73 Å². The third kappa shape index (κ3) is 5.27. The van der Waals surface area contributed by atoms with Crippen LogP contribution in [-0.4, -0.2) is 37.1 Å². The molecule has 6 nitrogen and oxygen atoms in total. The van der Waals surface area contributed by atoms with E-state index in [1.807, 2.05) is 43.3 Å². The van der Waals surface area contributed by atoms with Crippen molar-refractivity contribution in [2.75, 3.05) is 19.0 Å². The molecule has 1 rings (SSSR count).